The van der Waals surface area contributed by atoms with Gasteiger partial charge in [0.1, 0.15) is 11.3 Å². The van der Waals surface area contributed by atoms with Crippen molar-refractivity contribution < 1.29 is 14.3 Å². The molecule has 2 aliphatic rings. The Hall–Kier alpha value is -3.98. The maximum atomic E-state index is 13.8. The molecule has 1 aliphatic heterocycles. The molecule has 4 aromatic rings. The van der Waals surface area contributed by atoms with E-state index in [9.17, 15) is 14.4 Å². The third-order valence-corrected chi connectivity index (χ3v) is 8.06. The predicted molar refractivity (Wildman–Crippen MR) is 142 cm³/mol. The molecule has 1 aliphatic carbocycles. The van der Waals surface area contributed by atoms with E-state index in [0.717, 1.165) is 36.9 Å². The number of para-hydroxylation sites is 2. The Kier molecular flexibility index (Phi) is 6.21. The van der Waals surface area contributed by atoms with Crippen LogP contribution in [0.5, 0.6) is 5.75 Å². The molecule has 9 heteroatoms. The Balaban J connectivity index is 1.27. The number of hydrogen-bond donors (Lipinski definition) is 1. The van der Waals surface area contributed by atoms with E-state index < -0.39 is 12.0 Å². The maximum Gasteiger partial charge on any atom is 0.271 e. The van der Waals surface area contributed by atoms with Crippen LogP contribution in [0.4, 0.5) is 5.69 Å². The molecule has 0 fully saturated rings. The molecule has 1 atom stereocenters. The van der Waals surface area contributed by atoms with Crippen molar-refractivity contribution in [3.05, 3.63) is 92.8 Å². The second-order valence-electron chi connectivity index (χ2n) is 9.29. The third kappa shape index (κ3) is 4.40. The van der Waals surface area contributed by atoms with Gasteiger partial charge in [0.25, 0.3) is 17.4 Å². The minimum Gasteiger partial charge on any atom is -0.477 e. The number of anilines is 1. The van der Waals surface area contributed by atoms with E-state index in [-0.39, 0.29) is 23.6 Å². The zero-order valence-corrected chi connectivity index (χ0v) is 21.0. The molecule has 188 valence electrons. The zero-order chi connectivity index (χ0) is 25.4. The van der Waals surface area contributed by atoms with Crippen LogP contribution >= 0.6 is 11.3 Å². The molecule has 0 radical (unpaired) electrons. The van der Waals surface area contributed by atoms with E-state index in [1.54, 1.807) is 28.7 Å². The van der Waals surface area contributed by atoms with Gasteiger partial charge < -0.3 is 15.0 Å². The summed E-state index contributed by atoms with van der Waals surface area (Å²) in [4.78, 5) is 48.0. The van der Waals surface area contributed by atoms with Gasteiger partial charge in [0, 0.05) is 23.3 Å². The zero-order valence-electron chi connectivity index (χ0n) is 20.2. The third-order valence-electron chi connectivity index (χ3n) is 6.90. The highest BCUT2D eigenvalue weighted by atomic mass is 32.1. The van der Waals surface area contributed by atoms with Gasteiger partial charge in [-0.25, -0.2) is 4.98 Å². The van der Waals surface area contributed by atoms with Crippen LogP contribution in [0, 0.1) is 0 Å². The number of nitrogens with one attached hydrogen (secondary N) is 1. The van der Waals surface area contributed by atoms with Gasteiger partial charge in [-0.05, 0) is 49.8 Å². The Morgan fingerprint density at radius 3 is 2.70 bits per heavy atom. The van der Waals surface area contributed by atoms with Gasteiger partial charge in [-0.1, -0.05) is 42.5 Å². The van der Waals surface area contributed by atoms with Gasteiger partial charge >= 0.3 is 0 Å². The van der Waals surface area contributed by atoms with Crippen molar-refractivity contribution in [2.75, 3.05) is 18.0 Å². The second-order valence-corrected chi connectivity index (χ2v) is 10.4. The lowest BCUT2D eigenvalue weighted by Gasteiger charge is -2.34. The minimum absolute atomic E-state index is 0.00307. The Morgan fingerprint density at radius 1 is 1.05 bits per heavy atom. The molecule has 0 saturated carbocycles. The molecule has 0 spiro atoms. The predicted octanol–water partition coefficient (Wildman–Crippen LogP) is 3.40. The van der Waals surface area contributed by atoms with Crippen molar-refractivity contribution in [2.24, 2.45) is 0 Å². The average Bonchev–Trinajstić information content (AvgIpc) is 3.32. The van der Waals surface area contributed by atoms with Gasteiger partial charge in [0.2, 0.25) is 0 Å². The Morgan fingerprint density at radius 2 is 1.84 bits per heavy atom. The average molecular weight is 515 g/mol. The summed E-state index contributed by atoms with van der Waals surface area (Å²) in [5.74, 6) is -0.367. The molecule has 0 unspecified atom stereocenters. The summed E-state index contributed by atoms with van der Waals surface area (Å²) in [5.41, 5.74) is 2.24. The summed E-state index contributed by atoms with van der Waals surface area (Å²) < 4.78 is 7.58. The van der Waals surface area contributed by atoms with Crippen molar-refractivity contribution in [3.63, 3.8) is 0 Å². The van der Waals surface area contributed by atoms with Gasteiger partial charge in [0.15, 0.2) is 11.1 Å². The molecule has 37 heavy (non-hydrogen) atoms. The molecule has 8 nitrogen and oxygen atoms in total. The van der Waals surface area contributed by atoms with Crippen LogP contribution in [-0.4, -0.2) is 40.4 Å². The second kappa shape index (κ2) is 9.82. The lowest BCUT2D eigenvalue weighted by Crippen LogP contribution is -2.51. The van der Waals surface area contributed by atoms with Crippen molar-refractivity contribution >= 4 is 33.8 Å². The first-order valence-electron chi connectivity index (χ1n) is 12.5. The quantitative estimate of drug-likeness (QED) is 0.441. The number of fused-ring (bicyclic) bond motifs is 4. The lowest BCUT2D eigenvalue weighted by atomic mass is 10.0. The van der Waals surface area contributed by atoms with Crippen molar-refractivity contribution in [1.29, 1.82) is 0 Å². The summed E-state index contributed by atoms with van der Waals surface area (Å²) in [6, 6.07) is 17.0. The fourth-order valence-corrected chi connectivity index (χ4v) is 6.18. The van der Waals surface area contributed by atoms with E-state index in [1.807, 2.05) is 30.3 Å². The number of rotatable bonds is 5. The van der Waals surface area contributed by atoms with E-state index in [1.165, 1.54) is 27.3 Å². The van der Waals surface area contributed by atoms with Crippen LogP contribution in [0.1, 0.15) is 39.3 Å². The molecule has 2 aromatic carbocycles. The highest BCUT2D eigenvalue weighted by Gasteiger charge is 2.35. The van der Waals surface area contributed by atoms with Crippen molar-refractivity contribution in [2.45, 2.75) is 38.2 Å². The smallest absolute Gasteiger partial charge is 0.271 e. The molecular formula is C28H26N4O4S. The number of ether oxygens (including phenoxy) is 1. The van der Waals surface area contributed by atoms with Crippen LogP contribution in [0.2, 0.25) is 0 Å². The largest absolute Gasteiger partial charge is 0.477 e. The minimum atomic E-state index is -0.900. The number of nitrogens with zero attached hydrogens (tertiary/aromatic N) is 3. The standard InChI is InChI=1S/C28H26N4O4S/c33-25(29-15-14-18-8-2-1-3-9-18)23-17-31(20-10-4-6-12-22(20)36-23)26(34)19-16-30-28-32(27(19)35)21-11-5-7-13-24(21)37-28/h1-4,6,8-10,12,16,23H,5,7,11,13-15,17H2,(H,29,33)/t23-/m0/s1. The van der Waals surface area contributed by atoms with E-state index >= 15 is 0 Å². The number of carbonyl (C=O) groups excluding carboxylic acids is 2. The number of amides is 2. The van der Waals surface area contributed by atoms with Gasteiger partial charge in [-0.2, -0.15) is 0 Å². The summed E-state index contributed by atoms with van der Waals surface area (Å²) in [6.07, 6.45) is 5.01. The number of hydrogen-bond acceptors (Lipinski definition) is 6. The number of thiazole rings is 1. The number of carbonyl (C=O) groups is 2. The fourth-order valence-electron chi connectivity index (χ4n) is 5.01. The molecule has 2 amide bonds. The lowest BCUT2D eigenvalue weighted by molar-refractivity contribution is -0.127. The molecular weight excluding hydrogens is 488 g/mol. The SMILES string of the molecule is O=C(NCCc1ccccc1)[C@@H]1CN(C(=O)c2cnc3sc4c(n3c2=O)CCCC4)c2ccccc2O1. The Labute approximate surface area is 217 Å². The summed E-state index contributed by atoms with van der Waals surface area (Å²) in [7, 11) is 0. The molecule has 0 saturated heterocycles. The first kappa shape index (κ1) is 23.4. The number of aromatic nitrogens is 2. The van der Waals surface area contributed by atoms with Crippen LogP contribution in [0.15, 0.2) is 65.6 Å². The van der Waals surface area contributed by atoms with E-state index in [0.29, 0.717) is 29.4 Å². The molecule has 1 N–H and O–H groups in total. The summed E-state index contributed by atoms with van der Waals surface area (Å²) >= 11 is 1.52. The first-order valence-corrected chi connectivity index (χ1v) is 13.3. The fraction of sp³-hybridized carbons (Fsp3) is 0.286. The van der Waals surface area contributed by atoms with Crippen LogP contribution < -0.4 is 20.5 Å². The van der Waals surface area contributed by atoms with Gasteiger partial charge in [-0.15, -0.1) is 11.3 Å². The van der Waals surface area contributed by atoms with E-state index in [4.69, 9.17) is 4.74 Å². The molecule has 0 bridgehead atoms. The van der Waals surface area contributed by atoms with Crippen LogP contribution in [0.25, 0.3) is 4.96 Å². The van der Waals surface area contributed by atoms with Crippen molar-refractivity contribution in [3.8, 4) is 5.75 Å². The first-order chi connectivity index (χ1) is 18.1. The molecule has 2 aromatic heterocycles. The maximum absolute atomic E-state index is 13.8. The molecule has 3 heterocycles. The molecule has 6 rings (SSSR count). The Bertz CT molecular complexity index is 1550. The highest BCUT2D eigenvalue weighted by molar-refractivity contribution is 7.17. The number of benzene rings is 2. The normalized spacial score (nSPS) is 16.5. The summed E-state index contributed by atoms with van der Waals surface area (Å²) in [6.45, 7) is 0.445. The van der Waals surface area contributed by atoms with Crippen molar-refractivity contribution in [1.82, 2.24) is 14.7 Å². The summed E-state index contributed by atoms with van der Waals surface area (Å²) in [5, 5.41) is 2.92. The number of aryl methyl sites for hydroxylation is 2. The topological polar surface area (TPSA) is 93.0 Å². The monoisotopic (exact) mass is 514 g/mol. The van der Waals surface area contributed by atoms with Crippen LogP contribution in [-0.2, 0) is 24.1 Å². The van der Waals surface area contributed by atoms with E-state index in [2.05, 4.69) is 10.3 Å². The van der Waals surface area contributed by atoms with Gasteiger partial charge in [0.05, 0.1) is 12.2 Å². The highest BCUT2D eigenvalue weighted by Crippen LogP contribution is 2.34. The van der Waals surface area contributed by atoms with Crippen LogP contribution in [0.3, 0.4) is 0 Å². The van der Waals surface area contributed by atoms with Gasteiger partial charge in [-0.3, -0.25) is 18.8 Å².